The molecule has 6 N–H and O–H groups in total. The van der Waals surface area contributed by atoms with E-state index in [9.17, 15) is 22.8 Å². The summed E-state index contributed by atoms with van der Waals surface area (Å²) in [4.78, 5) is 28.0. The summed E-state index contributed by atoms with van der Waals surface area (Å²) in [6.07, 6.45) is -5.19. The van der Waals surface area contributed by atoms with Crippen molar-refractivity contribution in [2.45, 2.75) is 18.1 Å². The van der Waals surface area contributed by atoms with E-state index >= 15 is 0 Å². The van der Waals surface area contributed by atoms with Crippen LogP contribution in [0.3, 0.4) is 0 Å². The van der Waals surface area contributed by atoms with Crippen molar-refractivity contribution in [3.63, 3.8) is 0 Å². The molecule has 0 bridgehead atoms. The van der Waals surface area contributed by atoms with Crippen LogP contribution in [0.4, 0.5) is 18.9 Å². The molecule has 0 spiro atoms. The quantitative estimate of drug-likeness (QED) is 0.171. The van der Waals surface area contributed by atoms with Crippen molar-refractivity contribution in [1.29, 1.82) is 0 Å². The number of aldehydes is 1. The van der Waals surface area contributed by atoms with E-state index in [-0.39, 0.29) is 11.3 Å². The van der Waals surface area contributed by atoms with Crippen LogP contribution in [0.2, 0.25) is 0 Å². The normalized spacial score (nSPS) is 13.2. The number of nitrogens with two attached hydrogens (primary N) is 3. The van der Waals surface area contributed by atoms with Crippen molar-refractivity contribution in [3.05, 3.63) is 59.7 Å². The minimum atomic E-state index is -4.80. The maximum atomic E-state index is 13.2. The summed E-state index contributed by atoms with van der Waals surface area (Å²) in [7, 11) is 0. The Morgan fingerprint density at radius 1 is 1.11 bits per heavy atom. The molecule has 0 fully saturated rings. The van der Waals surface area contributed by atoms with Crippen molar-refractivity contribution in [1.82, 2.24) is 0 Å². The summed E-state index contributed by atoms with van der Waals surface area (Å²) < 4.78 is 44.3. The van der Waals surface area contributed by atoms with Crippen LogP contribution in [0.1, 0.15) is 17.5 Å². The molecule has 0 radical (unpaired) electrons. The Balaban J connectivity index is 2.39. The minimum absolute atomic E-state index is 0.154. The number of rotatable bonds is 6. The van der Waals surface area contributed by atoms with E-state index in [2.05, 4.69) is 4.99 Å². The summed E-state index contributed by atoms with van der Waals surface area (Å²) in [5, 5.41) is 0. The third-order valence-electron chi connectivity index (χ3n) is 3.74. The van der Waals surface area contributed by atoms with Crippen molar-refractivity contribution in [3.8, 4) is 5.75 Å². The van der Waals surface area contributed by atoms with Gasteiger partial charge in [0, 0.05) is 5.69 Å². The number of hydrogen-bond donors (Lipinski definition) is 3. The topological polar surface area (TPSA) is 134 Å². The van der Waals surface area contributed by atoms with E-state index in [1.165, 1.54) is 12.1 Å². The van der Waals surface area contributed by atoms with E-state index in [0.717, 1.165) is 12.1 Å². The molecule has 7 nitrogen and oxygen atoms in total. The molecule has 2 rings (SSSR count). The zero-order valence-electron chi connectivity index (χ0n) is 14.4. The van der Waals surface area contributed by atoms with E-state index in [0.29, 0.717) is 12.4 Å². The van der Waals surface area contributed by atoms with Gasteiger partial charge in [0.15, 0.2) is 17.8 Å². The third-order valence-corrected chi connectivity index (χ3v) is 3.74. The molecule has 0 aliphatic carbocycles. The molecule has 0 saturated carbocycles. The monoisotopic (exact) mass is 394 g/mol. The van der Waals surface area contributed by atoms with Gasteiger partial charge in [0.05, 0.1) is 6.42 Å². The first-order valence-electron chi connectivity index (χ1n) is 7.87. The molecular weight excluding hydrogens is 377 g/mol. The van der Waals surface area contributed by atoms with E-state index < -0.39 is 41.4 Å². The summed E-state index contributed by atoms with van der Waals surface area (Å²) in [6.45, 7) is 0. The molecule has 2 aromatic rings. The Morgan fingerprint density at radius 2 is 1.75 bits per heavy atom. The van der Waals surface area contributed by atoms with Crippen molar-refractivity contribution >= 4 is 23.9 Å². The number of aliphatic imine (C=N–C) groups is 1. The van der Waals surface area contributed by atoms with Gasteiger partial charge >= 0.3 is 12.1 Å². The van der Waals surface area contributed by atoms with Gasteiger partial charge in [-0.25, -0.2) is 4.99 Å². The van der Waals surface area contributed by atoms with E-state index in [1.54, 1.807) is 18.2 Å². The van der Waals surface area contributed by atoms with Gasteiger partial charge in [-0.3, -0.25) is 4.79 Å². The minimum Gasteiger partial charge on any atom is -0.426 e. The highest BCUT2D eigenvalue weighted by atomic mass is 19.4. The third kappa shape index (κ3) is 4.78. The summed E-state index contributed by atoms with van der Waals surface area (Å²) in [5.41, 5.74) is 13.2. The fourth-order valence-electron chi connectivity index (χ4n) is 2.54. The van der Waals surface area contributed by atoms with Crippen LogP contribution < -0.4 is 21.9 Å². The lowest BCUT2D eigenvalue weighted by Gasteiger charge is -2.24. The molecular formula is C18H17F3N4O3. The molecule has 0 aliphatic heterocycles. The molecule has 0 aliphatic rings. The highest BCUT2D eigenvalue weighted by molar-refractivity contribution is 5.86. The Bertz CT molecular complexity index is 897. The molecule has 0 saturated heterocycles. The fourth-order valence-corrected chi connectivity index (χ4v) is 2.54. The van der Waals surface area contributed by atoms with Gasteiger partial charge in [-0.05, 0) is 23.8 Å². The SMILES string of the molecule is NC(N)=NC(C=O)(CC(=O)Oc1ccc(N)cc1C(F)(F)F)c1ccccc1. The highest BCUT2D eigenvalue weighted by Crippen LogP contribution is 2.38. The van der Waals surface area contributed by atoms with Crippen LogP contribution in [0.15, 0.2) is 53.5 Å². The summed E-state index contributed by atoms with van der Waals surface area (Å²) >= 11 is 0. The van der Waals surface area contributed by atoms with Crippen LogP contribution in [0.5, 0.6) is 5.75 Å². The predicted molar refractivity (Wildman–Crippen MR) is 96.1 cm³/mol. The smallest absolute Gasteiger partial charge is 0.420 e. The van der Waals surface area contributed by atoms with E-state index in [1.807, 2.05) is 0 Å². The Labute approximate surface area is 158 Å². The molecule has 0 heterocycles. The number of nitrogen functional groups attached to an aromatic ring is 1. The summed E-state index contributed by atoms with van der Waals surface area (Å²) in [6, 6.07) is 10.5. The zero-order chi connectivity index (χ0) is 20.9. The predicted octanol–water partition coefficient (Wildman–Crippen LogP) is 1.95. The second-order valence-electron chi connectivity index (χ2n) is 5.85. The number of guanidine groups is 1. The average Bonchev–Trinajstić information content (AvgIpc) is 2.62. The molecule has 1 atom stereocenters. The number of ether oxygens (including phenoxy) is 1. The highest BCUT2D eigenvalue weighted by Gasteiger charge is 2.38. The summed E-state index contributed by atoms with van der Waals surface area (Å²) in [5.74, 6) is -2.37. The fraction of sp³-hybridized carbons (Fsp3) is 0.167. The maximum absolute atomic E-state index is 13.2. The lowest BCUT2D eigenvalue weighted by Crippen LogP contribution is -2.36. The molecule has 1 unspecified atom stereocenters. The van der Waals surface area contributed by atoms with Gasteiger partial charge in [-0.15, -0.1) is 0 Å². The standard InChI is InChI=1S/C18H17F3N4O3/c19-18(20,21)13-8-12(22)6-7-14(13)28-15(27)9-17(10-26,25-16(23)24)11-4-2-1-3-5-11/h1-8,10H,9,22H2,(H4,23,24,25). The number of esters is 1. The molecule has 2 aromatic carbocycles. The number of hydrogen-bond acceptors (Lipinski definition) is 5. The lowest BCUT2D eigenvalue weighted by molar-refractivity contribution is -0.143. The number of nitrogens with zero attached hydrogens (tertiary/aromatic N) is 1. The molecule has 0 aromatic heterocycles. The van der Waals surface area contributed by atoms with Gasteiger partial charge in [-0.2, -0.15) is 13.2 Å². The van der Waals surface area contributed by atoms with Gasteiger partial charge in [0.25, 0.3) is 0 Å². The van der Waals surface area contributed by atoms with Crippen molar-refractivity contribution < 1.29 is 27.5 Å². The van der Waals surface area contributed by atoms with Crippen LogP contribution >= 0.6 is 0 Å². The molecule has 148 valence electrons. The number of anilines is 1. The lowest BCUT2D eigenvalue weighted by atomic mass is 9.88. The van der Waals surface area contributed by atoms with Crippen LogP contribution in [-0.2, 0) is 21.3 Å². The Morgan fingerprint density at radius 3 is 2.29 bits per heavy atom. The Kier molecular flexibility index (Phi) is 5.92. The van der Waals surface area contributed by atoms with Gasteiger partial charge < -0.3 is 26.7 Å². The van der Waals surface area contributed by atoms with Crippen LogP contribution in [0, 0.1) is 0 Å². The first-order chi connectivity index (χ1) is 13.1. The van der Waals surface area contributed by atoms with E-state index in [4.69, 9.17) is 21.9 Å². The zero-order valence-corrected chi connectivity index (χ0v) is 14.4. The second-order valence-corrected chi connectivity index (χ2v) is 5.85. The molecule has 10 heteroatoms. The molecule has 28 heavy (non-hydrogen) atoms. The number of carbonyl (C=O) groups excluding carboxylic acids is 2. The number of halogens is 3. The largest absolute Gasteiger partial charge is 0.426 e. The Hall–Kier alpha value is -3.56. The second kappa shape index (κ2) is 7.99. The number of benzene rings is 2. The van der Waals surface area contributed by atoms with Gasteiger partial charge in [0.1, 0.15) is 11.3 Å². The molecule has 0 amide bonds. The first kappa shape index (κ1) is 20.7. The first-order valence-corrected chi connectivity index (χ1v) is 7.87. The number of carbonyl (C=O) groups is 2. The number of alkyl halides is 3. The van der Waals surface area contributed by atoms with Gasteiger partial charge in [-0.1, -0.05) is 30.3 Å². The van der Waals surface area contributed by atoms with Crippen molar-refractivity contribution in [2.75, 3.05) is 5.73 Å². The maximum Gasteiger partial charge on any atom is 0.420 e. The van der Waals surface area contributed by atoms with Crippen LogP contribution in [0.25, 0.3) is 0 Å². The van der Waals surface area contributed by atoms with Crippen molar-refractivity contribution in [2.24, 2.45) is 16.5 Å². The van der Waals surface area contributed by atoms with Gasteiger partial charge in [0.2, 0.25) is 0 Å². The van der Waals surface area contributed by atoms with Crippen LogP contribution in [-0.4, -0.2) is 18.2 Å². The average molecular weight is 394 g/mol.